The first-order chi connectivity index (χ1) is 9.94. The Hall–Kier alpha value is -2.84. The molecule has 0 aliphatic carbocycles. The van der Waals surface area contributed by atoms with Gasteiger partial charge < -0.3 is 10.4 Å². The number of aromatic nitrogens is 3. The molecular formula is C12H10F2N4O3. The summed E-state index contributed by atoms with van der Waals surface area (Å²) < 4.78 is 27.4. The Morgan fingerprint density at radius 2 is 2.10 bits per heavy atom. The zero-order chi connectivity index (χ0) is 15.4. The number of halogens is 2. The Morgan fingerprint density at radius 1 is 1.33 bits per heavy atom. The lowest BCUT2D eigenvalue weighted by Crippen LogP contribution is -2.20. The molecule has 7 nitrogen and oxygen atoms in total. The summed E-state index contributed by atoms with van der Waals surface area (Å²) in [5.41, 5.74) is -0.0990. The van der Waals surface area contributed by atoms with E-state index in [1.54, 1.807) is 0 Å². The number of nitrogens with zero attached hydrogens (tertiary/aromatic N) is 3. The van der Waals surface area contributed by atoms with Crippen molar-refractivity contribution in [2.75, 3.05) is 5.32 Å². The van der Waals surface area contributed by atoms with Crippen LogP contribution in [0.3, 0.4) is 0 Å². The van der Waals surface area contributed by atoms with E-state index in [0.29, 0.717) is 0 Å². The highest BCUT2D eigenvalue weighted by Gasteiger charge is 2.11. The second kappa shape index (κ2) is 6.07. The van der Waals surface area contributed by atoms with Crippen molar-refractivity contribution in [3.05, 3.63) is 41.7 Å². The first kappa shape index (κ1) is 14.6. The highest BCUT2D eigenvalue weighted by Crippen LogP contribution is 2.15. The summed E-state index contributed by atoms with van der Waals surface area (Å²) in [5, 5.41) is 17.9. The number of nitrogens with one attached hydrogen (secondary N) is 1. The molecule has 0 fully saturated rings. The van der Waals surface area contributed by atoms with E-state index in [-0.39, 0.29) is 24.3 Å². The van der Waals surface area contributed by atoms with Gasteiger partial charge in [-0.15, -0.1) is 5.10 Å². The molecule has 0 radical (unpaired) electrons. The van der Waals surface area contributed by atoms with Crippen LogP contribution >= 0.6 is 0 Å². The minimum atomic E-state index is -1.08. The highest BCUT2D eigenvalue weighted by atomic mass is 19.1. The van der Waals surface area contributed by atoms with Crippen LogP contribution in [0.15, 0.2) is 24.4 Å². The number of benzene rings is 1. The maximum absolute atomic E-state index is 13.3. The fourth-order valence-corrected chi connectivity index (χ4v) is 1.58. The highest BCUT2D eigenvalue weighted by molar-refractivity contribution is 5.90. The normalized spacial score (nSPS) is 10.4. The van der Waals surface area contributed by atoms with Crippen LogP contribution in [0.2, 0.25) is 0 Å². The van der Waals surface area contributed by atoms with Crippen LogP contribution in [0, 0.1) is 11.6 Å². The molecule has 0 aliphatic heterocycles. The predicted octanol–water partition coefficient (Wildman–Crippen LogP) is 0.822. The van der Waals surface area contributed by atoms with E-state index in [1.807, 2.05) is 0 Å². The predicted molar refractivity (Wildman–Crippen MR) is 66.3 cm³/mol. The number of amides is 1. The van der Waals surface area contributed by atoms with Crippen LogP contribution < -0.4 is 5.32 Å². The van der Waals surface area contributed by atoms with E-state index in [4.69, 9.17) is 5.11 Å². The van der Waals surface area contributed by atoms with Crippen LogP contribution in [0.1, 0.15) is 5.69 Å². The fourth-order valence-electron chi connectivity index (χ4n) is 1.58. The molecule has 1 aromatic carbocycles. The van der Waals surface area contributed by atoms with Crippen molar-refractivity contribution in [3.8, 4) is 0 Å². The quantitative estimate of drug-likeness (QED) is 0.851. The largest absolute Gasteiger partial charge is 0.481 e. The lowest BCUT2D eigenvalue weighted by molar-refractivity contribution is -0.136. The molecule has 1 amide bonds. The van der Waals surface area contributed by atoms with Crippen molar-refractivity contribution in [1.82, 2.24) is 15.0 Å². The van der Waals surface area contributed by atoms with Crippen molar-refractivity contribution >= 4 is 17.6 Å². The SMILES string of the molecule is O=C(O)Cc1cn(CC(=O)Nc2cc(F)ccc2F)nn1. The lowest BCUT2D eigenvalue weighted by atomic mass is 10.3. The van der Waals surface area contributed by atoms with Gasteiger partial charge in [0.2, 0.25) is 5.91 Å². The number of carbonyl (C=O) groups excluding carboxylic acids is 1. The van der Waals surface area contributed by atoms with Crippen LogP contribution in [0.5, 0.6) is 0 Å². The Morgan fingerprint density at radius 3 is 2.81 bits per heavy atom. The number of carboxylic acid groups (broad SMARTS) is 1. The molecule has 0 aliphatic rings. The molecule has 110 valence electrons. The molecule has 2 aromatic rings. The second-order valence-electron chi connectivity index (χ2n) is 4.15. The Labute approximate surface area is 117 Å². The maximum Gasteiger partial charge on any atom is 0.309 e. The number of rotatable bonds is 5. The Bertz CT molecular complexity index is 687. The first-order valence-corrected chi connectivity index (χ1v) is 5.80. The van der Waals surface area contributed by atoms with Crippen molar-refractivity contribution in [3.63, 3.8) is 0 Å². The number of hydrogen-bond acceptors (Lipinski definition) is 4. The number of aliphatic carboxylic acids is 1. The standard InChI is InChI=1S/C12H10F2N4O3/c13-7-1-2-9(14)10(3-7)15-11(19)6-18-5-8(16-17-18)4-12(20)21/h1-3,5H,4,6H2,(H,15,19)(H,20,21). The van der Waals surface area contributed by atoms with Crippen molar-refractivity contribution in [2.24, 2.45) is 0 Å². The van der Waals surface area contributed by atoms with Crippen LogP contribution in [0.25, 0.3) is 0 Å². The van der Waals surface area contributed by atoms with E-state index >= 15 is 0 Å². The summed E-state index contributed by atoms with van der Waals surface area (Å²) in [5.74, 6) is -3.18. The third-order valence-corrected chi connectivity index (χ3v) is 2.43. The smallest absolute Gasteiger partial charge is 0.309 e. The van der Waals surface area contributed by atoms with Gasteiger partial charge in [0.25, 0.3) is 0 Å². The van der Waals surface area contributed by atoms with Gasteiger partial charge >= 0.3 is 5.97 Å². The van der Waals surface area contributed by atoms with Crippen molar-refractivity contribution in [2.45, 2.75) is 13.0 Å². The molecular weight excluding hydrogens is 286 g/mol. The molecule has 9 heteroatoms. The fraction of sp³-hybridized carbons (Fsp3) is 0.167. The first-order valence-electron chi connectivity index (χ1n) is 5.80. The van der Waals surface area contributed by atoms with Gasteiger partial charge in [-0.2, -0.15) is 0 Å². The summed E-state index contributed by atoms with van der Waals surface area (Å²) in [6.07, 6.45) is 0.968. The number of carbonyl (C=O) groups is 2. The number of carboxylic acids is 1. The molecule has 2 rings (SSSR count). The minimum absolute atomic E-state index is 0.187. The van der Waals surface area contributed by atoms with E-state index in [2.05, 4.69) is 15.6 Å². The van der Waals surface area contributed by atoms with E-state index in [0.717, 1.165) is 22.9 Å². The lowest BCUT2D eigenvalue weighted by Gasteiger charge is -2.06. The molecule has 0 spiro atoms. The molecule has 0 saturated carbocycles. The molecule has 2 N–H and O–H groups in total. The van der Waals surface area contributed by atoms with Gasteiger partial charge in [0.15, 0.2) is 0 Å². The molecule has 0 saturated heterocycles. The van der Waals surface area contributed by atoms with Crippen molar-refractivity contribution < 1.29 is 23.5 Å². The number of anilines is 1. The van der Waals surface area contributed by atoms with Gasteiger partial charge in [0.05, 0.1) is 17.8 Å². The monoisotopic (exact) mass is 296 g/mol. The van der Waals surface area contributed by atoms with Gasteiger partial charge in [-0.3, -0.25) is 9.59 Å². The van der Waals surface area contributed by atoms with Gasteiger partial charge in [0, 0.05) is 12.3 Å². The Kier molecular flexibility index (Phi) is 4.21. The second-order valence-corrected chi connectivity index (χ2v) is 4.15. The molecule has 1 heterocycles. The third-order valence-electron chi connectivity index (χ3n) is 2.43. The Balaban J connectivity index is 2.00. The molecule has 1 aromatic heterocycles. The average molecular weight is 296 g/mol. The van der Waals surface area contributed by atoms with Gasteiger partial charge in [-0.25, -0.2) is 13.5 Å². The number of hydrogen-bond donors (Lipinski definition) is 2. The summed E-state index contributed by atoms with van der Waals surface area (Å²) in [7, 11) is 0. The van der Waals surface area contributed by atoms with Crippen molar-refractivity contribution in [1.29, 1.82) is 0 Å². The zero-order valence-corrected chi connectivity index (χ0v) is 10.6. The van der Waals surface area contributed by atoms with Crippen LogP contribution in [0.4, 0.5) is 14.5 Å². The topological polar surface area (TPSA) is 97.1 Å². The summed E-state index contributed by atoms with van der Waals surface area (Å²) in [6, 6.07) is 2.68. The molecule has 0 atom stereocenters. The molecule has 0 bridgehead atoms. The maximum atomic E-state index is 13.3. The van der Waals surface area contributed by atoms with Gasteiger partial charge in [-0.05, 0) is 12.1 Å². The van der Waals surface area contributed by atoms with E-state index in [9.17, 15) is 18.4 Å². The summed E-state index contributed by atoms with van der Waals surface area (Å²) in [4.78, 5) is 22.1. The minimum Gasteiger partial charge on any atom is -0.481 e. The van der Waals surface area contributed by atoms with Crippen LogP contribution in [-0.2, 0) is 22.6 Å². The van der Waals surface area contributed by atoms with Gasteiger partial charge in [-0.1, -0.05) is 5.21 Å². The van der Waals surface area contributed by atoms with Crippen LogP contribution in [-0.4, -0.2) is 32.0 Å². The zero-order valence-electron chi connectivity index (χ0n) is 10.6. The summed E-state index contributed by atoms with van der Waals surface area (Å²) in [6.45, 7) is -0.303. The third kappa shape index (κ3) is 4.06. The molecule has 0 unspecified atom stereocenters. The average Bonchev–Trinajstić information content (AvgIpc) is 2.80. The van der Waals surface area contributed by atoms with E-state index < -0.39 is 23.5 Å². The molecule has 21 heavy (non-hydrogen) atoms. The van der Waals surface area contributed by atoms with Gasteiger partial charge in [0.1, 0.15) is 18.2 Å². The summed E-state index contributed by atoms with van der Waals surface area (Å²) >= 11 is 0. The van der Waals surface area contributed by atoms with E-state index in [1.165, 1.54) is 6.20 Å².